The van der Waals surface area contributed by atoms with Crippen LogP contribution in [0, 0.1) is 6.92 Å². The van der Waals surface area contributed by atoms with Crippen LogP contribution < -0.4 is 11.5 Å². The van der Waals surface area contributed by atoms with Gasteiger partial charge in [0.15, 0.2) is 5.96 Å². The fourth-order valence-corrected chi connectivity index (χ4v) is 0.325. The van der Waals surface area contributed by atoms with Crippen molar-refractivity contribution in [3.05, 3.63) is 18.2 Å². The molecule has 76 valence electrons. The van der Waals surface area contributed by atoms with E-state index in [0.29, 0.717) is 0 Å². The van der Waals surface area contributed by atoms with Gasteiger partial charge < -0.3 is 16.5 Å². The second-order valence-electron chi connectivity index (χ2n) is 1.88. The van der Waals surface area contributed by atoms with Crippen LogP contribution in [0.3, 0.4) is 0 Å². The van der Waals surface area contributed by atoms with Crippen molar-refractivity contribution < 1.29 is 0 Å². The van der Waals surface area contributed by atoms with Crippen molar-refractivity contribution in [2.45, 2.75) is 20.8 Å². The molecule has 0 spiro atoms. The second kappa shape index (κ2) is 10.5. The lowest BCUT2D eigenvalue weighted by molar-refractivity contribution is 1.25. The highest BCUT2D eigenvalue weighted by molar-refractivity contribution is 5.75. The molecule has 1 rings (SSSR count). The van der Waals surface area contributed by atoms with E-state index < -0.39 is 0 Å². The zero-order valence-electron chi connectivity index (χ0n) is 8.70. The van der Waals surface area contributed by atoms with Gasteiger partial charge in [-0.3, -0.25) is 4.99 Å². The van der Waals surface area contributed by atoms with Gasteiger partial charge in [-0.25, -0.2) is 4.98 Å². The topological polar surface area (TPSA) is 93.1 Å². The van der Waals surface area contributed by atoms with Gasteiger partial charge in [0.2, 0.25) is 0 Å². The Labute approximate surface area is 79.3 Å². The Morgan fingerprint density at radius 1 is 1.46 bits per heavy atom. The molecule has 0 bridgehead atoms. The number of aromatic nitrogens is 2. The second-order valence-corrected chi connectivity index (χ2v) is 1.88. The molecule has 13 heavy (non-hydrogen) atoms. The number of guanidine groups is 1. The van der Waals surface area contributed by atoms with E-state index in [9.17, 15) is 0 Å². The van der Waals surface area contributed by atoms with E-state index in [-0.39, 0.29) is 5.96 Å². The quantitative estimate of drug-likeness (QED) is 0.409. The number of nitrogens with one attached hydrogen (secondary N) is 1. The van der Waals surface area contributed by atoms with E-state index in [2.05, 4.69) is 15.0 Å². The Morgan fingerprint density at radius 2 is 1.92 bits per heavy atom. The molecule has 0 saturated heterocycles. The summed E-state index contributed by atoms with van der Waals surface area (Å²) in [6, 6.07) is 0. The van der Waals surface area contributed by atoms with Crippen LogP contribution in [-0.2, 0) is 0 Å². The summed E-state index contributed by atoms with van der Waals surface area (Å²) in [4.78, 5) is 10.0. The van der Waals surface area contributed by atoms with E-state index in [4.69, 9.17) is 11.5 Å². The summed E-state index contributed by atoms with van der Waals surface area (Å²) in [5.74, 6) is 0.130. The number of imidazole rings is 1. The van der Waals surface area contributed by atoms with Gasteiger partial charge in [-0.1, -0.05) is 13.8 Å². The van der Waals surface area contributed by atoms with E-state index in [1.807, 2.05) is 20.8 Å². The van der Waals surface area contributed by atoms with Gasteiger partial charge in [0.1, 0.15) is 0 Å². The summed E-state index contributed by atoms with van der Waals surface area (Å²) in [5, 5.41) is 0. The molecule has 1 heterocycles. The number of aryl methyl sites for hydroxylation is 1. The minimum atomic E-state index is 0.130. The summed E-state index contributed by atoms with van der Waals surface area (Å²) in [6.07, 6.45) is 3.44. The maximum Gasteiger partial charge on any atom is 0.185 e. The largest absolute Gasteiger partial charge is 0.370 e. The number of nitrogens with zero attached hydrogens (tertiary/aromatic N) is 2. The van der Waals surface area contributed by atoms with Crippen molar-refractivity contribution in [2.75, 3.05) is 7.05 Å². The Bertz CT molecular complexity index is 198. The predicted octanol–water partition coefficient (Wildman–Crippen LogP) is 0.634. The average molecular weight is 185 g/mol. The molecule has 0 aliphatic rings. The van der Waals surface area contributed by atoms with E-state index in [1.54, 1.807) is 12.5 Å². The molecule has 5 heteroatoms. The molecule has 0 amide bonds. The fourth-order valence-electron chi connectivity index (χ4n) is 0.325. The number of hydrogen-bond donors (Lipinski definition) is 3. The highest BCUT2D eigenvalue weighted by Crippen LogP contribution is 1.81. The molecule has 1 aromatic rings. The smallest absolute Gasteiger partial charge is 0.185 e. The van der Waals surface area contributed by atoms with Crippen LogP contribution in [0.5, 0.6) is 0 Å². The number of hydrogen-bond acceptors (Lipinski definition) is 2. The molecule has 0 aromatic carbocycles. The van der Waals surface area contributed by atoms with E-state index >= 15 is 0 Å². The normalized spacial score (nSPS) is 7.08. The zero-order chi connectivity index (χ0) is 10.7. The van der Waals surface area contributed by atoms with Gasteiger partial charge in [-0.05, 0) is 6.92 Å². The minimum absolute atomic E-state index is 0.130. The fraction of sp³-hybridized carbons (Fsp3) is 0.500. The average Bonchev–Trinajstić information content (AvgIpc) is 2.60. The predicted molar refractivity (Wildman–Crippen MR) is 56.4 cm³/mol. The van der Waals surface area contributed by atoms with Crippen LogP contribution in [-0.4, -0.2) is 23.0 Å². The van der Waals surface area contributed by atoms with Crippen molar-refractivity contribution in [1.82, 2.24) is 9.97 Å². The molecule has 0 saturated carbocycles. The lowest BCUT2D eigenvalue weighted by atomic mass is 10.6. The number of nitrogens with two attached hydrogens (primary N) is 2. The third-order valence-electron chi connectivity index (χ3n) is 0.893. The Hall–Kier alpha value is -1.52. The van der Waals surface area contributed by atoms with Crippen LogP contribution in [0.25, 0.3) is 0 Å². The maximum atomic E-state index is 4.82. The molecular weight excluding hydrogens is 166 g/mol. The molecule has 0 radical (unpaired) electrons. The molecule has 0 aliphatic heterocycles. The monoisotopic (exact) mass is 185 g/mol. The maximum absolute atomic E-state index is 4.82. The van der Waals surface area contributed by atoms with Crippen molar-refractivity contribution in [2.24, 2.45) is 16.5 Å². The molecule has 1 aromatic heterocycles. The Morgan fingerprint density at radius 3 is 2.00 bits per heavy atom. The first-order valence-electron chi connectivity index (χ1n) is 4.09. The van der Waals surface area contributed by atoms with Gasteiger partial charge in [-0.15, -0.1) is 0 Å². The lowest BCUT2D eigenvalue weighted by Gasteiger charge is -1.77. The molecular formula is C8H19N5. The number of H-pyrrole nitrogens is 1. The SMILES string of the molecule is CC.CN=C(N)N.Cc1cnc[nH]1. The zero-order valence-corrected chi connectivity index (χ0v) is 8.70. The lowest BCUT2D eigenvalue weighted by Crippen LogP contribution is -2.21. The van der Waals surface area contributed by atoms with Crippen LogP contribution in [0.2, 0.25) is 0 Å². The first kappa shape index (κ1) is 14.0. The van der Waals surface area contributed by atoms with Gasteiger partial charge in [0, 0.05) is 18.9 Å². The molecule has 0 unspecified atom stereocenters. The van der Waals surface area contributed by atoms with Crippen LogP contribution in [0.15, 0.2) is 17.5 Å². The summed E-state index contributed by atoms with van der Waals surface area (Å²) in [5.41, 5.74) is 10.7. The van der Waals surface area contributed by atoms with Gasteiger partial charge >= 0.3 is 0 Å². The highest BCUT2D eigenvalue weighted by Gasteiger charge is 1.73. The van der Waals surface area contributed by atoms with Gasteiger partial charge in [0.05, 0.1) is 6.33 Å². The Balaban J connectivity index is 0. The molecule has 5 nitrogen and oxygen atoms in total. The molecule has 0 atom stereocenters. The summed E-state index contributed by atoms with van der Waals surface area (Å²) < 4.78 is 0. The highest BCUT2D eigenvalue weighted by atomic mass is 15.0. The molecule has 0 aliphatic carbocycles. The van der Waals surface area contributed by atoms with Crippen molar-refractivity contribution in [3.8, 4) is 0 Å². The van der Waals surface area contributed by atoms with Crippen molar-refractivity contribution in [1.29, 1.82) is 0 Å². The van der Waals surface area contributed by atoms with Crippen LogP contribution in [0.4, 0.5) is 0 Å². The summed E-state index contributed by atoms with van der Waals surface area (Å²) >= 11 is 0. The first-order valence-corrected chi connectivity index (χ1v) is 4.09. The third kappa shape index (κ3) is 13.5. The third-order valence-corrected chi connectivity index (χ3v) is 0.893. The van der Waals surface area contributed by atoms with Crippen molar-refractivity contribution in [3.63, 3.8) is 0 Å². The minimum Gasteiger partial charge on any atom is -0.370 e. The summed E-state index contributed by atoms with van der Waals surface area (Å²) in [6.45, 7) is 5.97. The van der Waals surface area contributed by atoms with Gasteiger partial charge in [-0.2, -0.15) is 0 Å². The van der Waals surface area contributed by atoms with Crippen LogP contribution in [0.1, 0.15) is 19.5 Å². The first-order chi connectivity index (χ1) is 6.16. The summed E-state index contributed by atoms with van der Waals surface area (Å²) in [7, 11) is 1.54. The van der Waals surface area contributed by atoms with E-state index in [0.717, 1.165) is 5.69 Å². The van der Waals surface area contributed by atoms with Crippen molar-refractivity contribution >= 4 is 5.96 Å². The standard InChI is InChI=1S/C4H6N2.C2H7N3.C2H6/c1-4-2-5-3-6-4;1-5-2(3)4;1-2/h2-3H,1H3,(H,5,6);1H3,(H4,3,4,5);1-2H3. The molecule has 5 N–H and O–H groups in total. The van der Waals surface area contributed by atoms with Crippen LogP contribution >= 0.6 is 0 Å². The van der Waals surface area contributed by atoms with Gasteiger partial charge in [0.25, 0.3) is 0 Å². The van der Waals surface area contributed by atoms with E-state index in [1.165, 1.54) is 7.05 Å². The Kier molecular flexibility index (Phi) is 11.3. The number of aliphatic imine (C=N–C) groups is 1. The number of aromatic amines is 1. The number of rotatable bonds is 0. The molecule has 0 fully saturated rings.